The molecule has 0 radical (unpaired) electrons. The van der Waals surface area contributed by atoms with Crippen molar-refractivity contribution >= 4 is 72.7 Å². The van der Waals surface area contributed by atoms with E-state index >= 15 is 0 Å². The Hall–Kier alpha value is -0.560. The fourth-order valence-corrected chi connectivity index (χ4v) is 4.07. The van der Waals surface area contributed by atoms with Gasteiger partial charge in [0, 0.05) is 13.7 Å². The van der Waals surface area contributed by atoms with Gasteiger partial charge < -0.3 is 10.4 Å². The molecule has 2 aromatic carbocycles. The normalized spacial score (nSPS) is 11.4. The van der Waals surface area contributed by atoms with E-state index in [0.717, 1.165) is 9.64 Å². The molecule has 3 nitrogen and oxygen atoms in total. The fraction of sp³-hybridized carbons (Fsp3) is 0.0714. The predicted octanol–water partition coefficient (Wildman–Crippen LogP) is 5.64. The van der Waals surface area contributed by atoms with Crippen molar-refractivity contribution in [2.75, 3.05) is 5.32 Å². The van der Waals surface area contributed by atoms with Gasteiger partial charge in [-0.05, 0) is 75.5 Å². The number of nitrogens with one attached hydrogen (secondary N) is 1. The van der Waals surface area contributed by atoms with E-state index in [9.17, 15) is 23.1 Å². The summed E-state index contributed by atoms with van der Waals surface area (Å²) >= 11 is 6.69. The molecule has 2 N–H and O–H groups in total. The summed E-state index contributed by atoms with van der Waals surface area (Å²) in [5, 5.41) is 12.3. The molecule has 0 aliphatic heterocycles. The number of carbonyl (C=O) groups is 1. The molecule has 122 valence electrons. The standard InChI is InChI=1S/C14H7BrF3I2NO2/c15-10-2-1-7(5-9(10)14(16,17)18)21-13(23)8-3-6(19)4-11(20)12(8)22/h1-5,22H,(H,21,23). The first kappa shape index (κ1) is 18.8. The van der Waals surface area contributed by atoms with Crippen molar-refractivity contribution in [3.8, 4) is 5.75 Å². The lowest BCUT2D eigenvalue weighted by atomic mass is 10.1. The van der Waals surface area contributed by atoms with Crippen molar-refractivity contribution in [2.45, 2.75) is 6.18 Å². The maximum Gasteiger partial charge on any atom is 0.417 e. The maximum absolute atomic E-state index is 12.9. The third kappa shape index (κ3) is 4.50. The summed E-state index contributed by atoms with van der Waals surface area (Å²) in [5.41, 5.74) is -0.909. The molecule has 2 rings (SSSR count). The first-order valence-corrected chi connectivity index (χ1v) is 8.90. The van der Waals surface area contributed by atoms with Gasteiger partial charge in [-0.2, -0.15) is 13.2 Å². The Morgan fingerprint density at radius 1 is 1.17 bits per heavy atom. The quantitative estimate of drug-likeness (QED) is 0.433. The molecule has 0 atom stereocenters. The number of phenolic OH excluding ortho intramolecular Hbond substituents is 1. The number of hydrogen-bond acceptors (Lipinski definition) is 2. The van der Waals surface area contributed by atoms with Gasteiger partial charge in [0.05, 0.1) is 14.7 Å². The van der Waals surface area contributed by atoms with Gasteiger partial charge in [-0.25, -0.2) is 0 Å². The minimum absolute atomic E-state index is 0.00206. The minimum Gasteiger partial charge on any atom is -0.506 e. The molecule has 23 heavy (non-hydrogen) atoms. The van der Waals surface area contributed by atoms with Crippen LogP contribution in [0.5, 0.6) is 5.75 Å². The average molecular weight is 612 g/mol. The van der Waals surface area contributed by atoms with E-state index in [1.165, 1.54) is 18.2 Å². The lowest BCUT2D eigenvalue weighted by Crippen LogP contribution is -2.14. The van der Waals surface area contributed by atoms with Crippen LogP contribution < -0.4 is 5.32 Å². The van der Waals surface area contributed by atoms with Crippen LogP contribution in [0.2, 0.25) is 0 Å². The Morgan fingerprint density at radius 3 is 2.43 bits per heavy atom. The minimum atomic E-state index is -4.54. The average Bonchev–Trinajstić information content (AvgIpc) is 2.43. The highest BCUT2D eigenvalue weighted by Gasteiger charge is 2.33. The zero-order valence-electron chi connectivity index (χ0n) is 11.0. The van der Waals surface area contributed by atoms with Gasteiger partial charge in [-0.3, -0.25) is 4.79 Å². The zero-order chi connectivity index (χ0) is 17.4. The van der Waals surface area contributed by atoms with Crippen molar-refractivity contribution < 1.29 is 23.1 Å². The monoisotopic (exact) mass is 611 g/mol. The molecule has 0 aliphatic rings. The number of amides is 1. The Morgan fingerprint density at radius 2 is 1.83 bits per heavy atom. The molecule has 0 aromatic heterocycles. The van der Waals surface area contributed by atoms with E-state index in [0.29, 0.717) is 3.57 Å². The van der Waals surface area contributed by atoms with Crippen LogP contribution in [0.1, 0.15) is 15.9 Å². The topological polar surface area (TPSA) is 49.3 Å². The first-order chi connectivity index (χ1) is 10.6. The second-order valence-electron chi connectivity index (χ2n) is 4.43. The number of aromatic hydroxyl groups is 1. The molecule has 0 spiro atoms. The van der Waals surface area contributed by atoms with Crippen LogP contribution in [0.4, 0.5) is 18.9 Å². The molecule has 0 fully saturated rings. The van der Waals surface area contributed by atoms with Crippen LogP contribution in [0.15, 0.2) is 34.8 Å². The first-order valence-electron chi connectivity index (χ1n) is 5.95. The van der Waals surface area contributed by atoms with Crippen molar-refractivity contribution in [1.29, 1.82) is 0 Å². The van der Waals surface area contributed by atoms with Gasteiger partial charge in [0.15, 0.2) is 0 Å². The molecule has 1 amide bonds. The molecule has 0 saturated heterocycles. The lowest BCUT2D eigenvalue weighted by molar-refractivity contribution is -0.138. The molecule has 0 aliphatic carbocycles. The number of hydrogen-bond donors (Lipinski definition) is 2. The predicted molar refractivity (Wildman–Crippen MR) is 101 cm³/mol. The maximum atomic E-state index is 12.9. The number of rotatable bonds is 2. The van der Waals surface area contributed by atoms with E-state index < -0.39 is 17.6 Å². The Bertz CT molecular complexity index is 781. The third-order valence-corrected chi connectivity index (χ3v) is 4.94. The summed E-state index contributed by atoms with van der Waals surface area (Å²) in [4.78, 5) is 12.2. The van der Waals surface area contributed by atoms with Gasteiger partial charge >= 0.3 is 6.18 Å². The molecule has 2 aromatic rings. The van der Waals surface area contributed by atoms with Crippen LogP contribution in [0.3, 0.4) is 0 Å². The van der Waals surface area contributed by atoms with Crippen molar-refractivity contribution in [3.05, 3.63) is 53.1 Å². The Kier molecular flexibility index (Phi) is 5.82. The van der Waals surface area contributed by atoms with Crippen LogP contribution in [-0.2, 0) is 6.18 Å². The molecular formula is C14H7BrF3I2NO2. The summed E-state index contributed by atoms with van der Waals surface area (Å²) in [6.07, 6.45) is -4.54. The number of benzene rings is 2. The summed E-state index contributed by atoms with van der Waals surface area (Å²) in [7, 11) is 0. The van der Waals surface area contributed by atoms with Crippen LogP contribution in [0, 0.1) is 7.14 Å². The van der Waals surface area contributed by atoms with Crippen LogP contribution in [0.25, 0.3) is 0 Å². The number of halogens is 6. The van der Waals surface area contributed by atoms with Crippen molar-refractivity contribution in [3.63, 3.8) is 0 Å². The second kappa shape index (κ2) is 7.13. The highest BCUT2D eigenvalue weighted by atomic mass is 127. The van der Waals surface area contributed by atoms with E-state index in [1.807, 2.05) is 45.2 Å². The highest BCUT2D eigenvalue weighted by Crippen LogP contribution is 2.36. The summed E-state index contributed by atoms with van der Waals surface area (Å²) < 4.78 is 39.7. The van der Waals surface area contributed by atoms with E-state index in [1.54, 1.807) is 6.07 Å². The van der Waals surface area contributed by atoms with Gasteiger partial charge in [-0.15, -0.1) is 0 Å². The largest absolute Gasteiger partial charge is 0.506 e. The molecule has 0 bridgehead atoms. The van der Waals surface area contributed by atoms with E-state index in [2.05, 4.69) is 21.2 Å². The van der Waals surface area contributed by atoms with Crippen molar-refractivity contribution in [2.24, 2.45) is 0 Å². The molecule has 0 saturated carbocycles. The highest BCUT2D eigenvalue weighted by molar-refractivity contribution is 14.1. The van der Waals surface area contributed by atoms with Gasteiger partial charge in [-0.1, -0.05) is 15.9 Å². The Labute approximate surface area is 165 Å². The number of anilines is 1. The smallest absolute Gasteiger partial charge is 0.417 e. The molecule has 0 unspecified atom stereocenters. The van der Waals surface area contributed by atoms with Gasteiger partial charge in [0.2, 0.25) is 0 Å². The second-order valence-corrected chi connectivity index (χ2v) is 7.69. The summed E-state index contributed by atoms with van der Waals surface area (Å²) in [6, 6.07) is 6.51. The fourth-order valence-electron chi connectivity index (χ4n) is 1.76. The third-order valence-electron chi connectivity index (χ3n) is 2.80. The number of alkyl halides is 3. The molecule has 9 heteroatoms. The molecular weight excluding hydrogens is 605 g/mol. The number of carbonyl (C=O) groups excluding carboxylic acids is 1. The molecule has 0 heterocycles. The van der Waals surface area contributed by atoms with Crippen LogP contribution in [-0.4, -0.2) is 11.0 Å². The van der Waals surface area contributed by atoms with Gasteiger partial charge in [0.1, 0.15) is 5.75 Å². The van der Waals surface area contributed by atoms with Gasteiger partial charge in [0.25, 0.3) is 5.91 Å². The zero-order valence-corrected chi connectivity index (χ0v) is 16.9. The lowest BCUT2D eigenvalue weighted by Gasteiger charge is -2.13. The van der Waals surface area contributed by atoms with E-state index in [-0.39, 0.29) is 21.5 Å². The number of phenols is 1. The SMILES string of the molecule is O=C(Nc1ccc(Br)c(C(F)(F)F)c1)c1cc(I)cc(I)c1O. The van der Waals surface area contributed by atoms with Crippen molar-refractivity contribution in [1.82, 2.24) is 0 Å². The van der Waals surface area contributed by atoms with Crippen LogP contribution >= 0.6 is 61.1 Å². The Balaban J connectivity index is 2.35. The summed E-state index contributed by atoms with van der Waals surface area (Å²) in [5.74, 6) is -0.897. The van der Waals surface area contributed by atoms with E-state index in [4.69, 9.17) is 0 Å². The summed E-state index contributed by atoms with van der Waals surface area (Å²) in [6.45, 7) is 0.